The van der Waals surface area contributed by atoms with Crippen LogP contribution in [0.1, 0.15) is 35.1 Å². The second-order valence-corrected chi connectivity index (χ2v) is 7.84. The van der Waals surface area contributed by atoms with Crippen molar-refractivity contribution in [1.82, 2.24) is 9.88 Å². The molecule has 0 radical (unpaired) electrons. The second-order valence-electron chi connectivity index (χ2n) is 5.89. The number of piperidine rings is 1. The summed E-state index contributed by atoms with van der Waals surface area (Å²) in [6, 6.07) is 3.18. The van der Waals surface area contributed by atoms with Gasteiger partial charge in [-0.2, -0.15) is 0 Å². The molecule has 0 spiro atoms. The van der Waals surface area contributed by atoms with Crippen molar-refractivity contribution in [3.05, 3.63) is 28.1 Å². The first kappa shape index (κ1) is 16.1. The number of carbonyl (C=O) groups excluding carboxylic acids is 1. The van der Waals surface area contributed by atoms with Crippen LogP contribution in [-0.4, -0.2) is 39.5 Å². The van der Waals surface area contributed by atoms with Gasteiger partial charge in [0.25, 0.3) is 5.91 Å². The third-order valence-corrected chi connectivity index (χ3v) is 6.32. The van der Waals surface area contributed by atoms with Crippen LogP contribution in [0, 0.1) is 12.8 Å². The number of rotatable bonds is 3. The van der Waals surface area contributed by atoms with Crippen molar-refractivity contribution in [2.45, 2.75) is 32.7 Å². The lowest BCUT2D eigenvalue weighted by atomic mass is 9.92. The van der Waals surface area contributed by atoms with E-state index < -0.39 is 12.0 Å². The lowest BCUT2D eigenvalue weighted by Crippen LogP contribution is -2.49. The molecule has 2 aromatic heterocycles. The molecular weight excluding hydrogens is 332 g/mol. The molecule has 23 heavy (non-hydrogen) atoms. The van der Waals surface area contributed by atoms with Crippen molar-refractivity contribution in [1.29, 1.82) is 0 Å². The molecule has 1 aliphatic heterocycles. The summed E-state index contributed by atoms with van der Waals surface area (Å²) in [5, 5.41) is 12.2. The molecule has 5 nitrogen and oxygen atoms in total. The molecule has 0 aromatic carbocycles. The van der Waals surface area contributed by atoms with E-state index in [2.05, 4.69) is 4.98 Å². The predicted molar refractivity (Wildman–Crippen MR) is 91.0 cm³/mol. The minimum Gasteiger partial charge on any atom is -0.480 e. The van der Waals surface area contributed by atoms with Gasteiger partial charge in [-0.1, -0.05) is 13.0 Å². The summed E-state index contributed by atoms with van der Waals surface area (Å²) in [4.78, 5) is 31.9. The number of aliphatic carboxylic acids is 1. The first-order valence-electron chi connectivity index (χ1n) is 7.52. The first-order chi connectivity index (χ1) is 11.0. The molecule has 1 saturated heterocycles. The van der Waals surface area contributed by atoms with Gasteiger partial charge in [0, 0.05) is 6.54 Å². The van der Waals surface area contributed by atoms with Gasteiger partial charge in [0.1, 0.15) is 15.9 Å². The highest BCUT2D eigenvalue weighted by Crippen LogP contribution is 2.33. The van der Waals surface area contributed by atoms with Crippen molar-refractivity contribution in [3.63, 3.8) is 0 Å². The number of nitrogens with zero attached hydrogens (tertiary/aromatic N) is 2. The summed E-state index contributed by atoms with van der Waals surface area (Å²) in [6.45, 7) is 4.33. The van der Waals surface area contributed by atoms with E-state index in [0.717, 1.165) is 16.3 Å². The Morgan fingerprint density at radius 2 is 2.22 bits per heavy atom. The Bertz CT molecular complexity index is 724. The van der Waals surface area contributed by atoms with Crippen molar-refractivity contribution < 1.29 is 14.7 Å². The van der Waals surface area contributed by atoms with Gasteiger partial charge in [-0.15, -0.1) is 22.7 Å². The van der Waals surface area contributed by atoms with Crippen LogP contribution in [0.15, 0.2) is 17.5 Å². The van der Waals surface area contributed by atoms with Crippen LogP contribution in [0.25, 0.3) is 9.88 Å². The normalized spacial score (nSPS) is 21.4. The van der Waals surface area contributed by atoms with E-state index in [1.165, 1.54) is 16.2 Å². The van der Waals surface area contributed by atoms with E-state index in [1.54, 1.807) is 11.3 Å². The average Bonchev–Trinajstić information content (AvgIpc) is 3.15. The maximum absolute atomic E-state index is 12.9. The summed E-state index contributed by atoms with van der Waals surface area (Å²) in [6.07, 6.45) is 1.35. The standard InChI is InChI=1S/C16H18N2O3S2/c1-9-5-6-18(11(8-9)16(20)21)15(19)13-10(2)17-14(23-13)12-4-3-7-22-12/h3-4,7,9,11H,5-6,8H2,1-2H3,(H,20,21). The van der Waals surface area contributed by atoms with Gasteiger partial charge in [0.15, 0.2) is 0 Å². The molecule has 3 heterocycles. The number of likely N-dealkylation sites (tertiary alicyclic amines) is 1. The lowest BCUT2D eigenvalue weighted by Gasteiger charge is -2.35. The summed E-state index contributed by atoms with van der Waals surface area (Å²) in [7, 11) is 0. The smallest absolute Gasteiger partial charge is 0.326 e. The molecule has 1 fully saturated rings. The lowest BCUT2D eigenvalue weighted by molar-refractivity contribution is -0.144. The maximum Gasteiger partial charge on any atom is 0.326 e. The van der Waals surface area contributed by atoms with Crippen molar-refractivity contribution in [2.75, 3.05) is 6.54 Å². The molecule has 0 saturated carbocycles. The quantitative estimate of drug-likeness (QED) is 0.920. The molecule has 7 heteroatoms. The van der Waals surface area contributed by atoms with E-state index in [0.29, 0.717) is 29.5 Å². The Labute approximate surface area is 142 Å². The molecule has 1 amide bonds. The molecule has 2 aromatic rings. The average molecular weight is 350 g/mol. The van der Waals surface area contributed by atoms with Crippen LogP contribution in [0.4, 0.5) is 0 Å². The fourth-order valence-corrected chi connectivity index (χ4v) is 4.67. The van der Waals surface area contributed by atoms with Gasteiger partial charge in [-0.05, 0) is 37.1 Å². The van der Waals surface area contributed by atoms with Gasteiger partial charge in [-0.3, -0.25) is 4.79 Å². The molecule has 1 aliphatic rings. The largest absolute Gasteiger partial charge is 0.480 e. The van der Waals surface area contributed by atoms with E-state index in [4.69, 9.17) is 0 Å². The molecule has 0 bridgehead atoms. The summed E-state index contributed by atoms with van der Waals surface area (Å²) in [5.74, 6) is -0.808. The zero-order chi connectivity index (χ0) is 16.6. The van der Waals surface area contributed by atoms with Gasteiger partial charge < -0.3 is 10.0 Å². The van der Waals surface area contributed by atoms with E-state index in [1.807, 2.05) is 31.4 Å². The number of thiophene rings is 1. The van der Waals surface area contributed by atoms with Crippen LogP contribution in [0.3, 0.4) is 0 Å². The molecule has 122 valence electrons. The number of thiazole rings is 1. The fraction of sp³-hybridized carbons (Fsp3) is 0.438. The molecule has 2 atom stereocenters. The van der Waals surface area contributed by atoms with Crippen molar-refractivity contribution in [2.24, 2.45) is 5.92 Å². The minimum absolute atomic E-state index is 0.206. The molecule has 0 aliphatic carbocycles. The van der Waals surface area contributed by atoms with Crippen molar-refractivity contribution >= 4 is 34.6 Å². The van der Waals surface area contributed by atoms with Crippen LogP contribution in [0.5, 0.6) is 0 Å². The van der Waals surface area contributed by atoms with Crippen LogP contribution < -0.4 is 0 Å². The SMILES string of the molecule is Cc1nc(-c2cccs2)sc1C(=O)N1CCC(C)CC1C(=O)O. The third-order valence-electron chi connectivity index (χ3n) is 4.13. The summed E-state index contributed by atoms with van der Waals surface area (Å²) >= 11 is 2.93. The Balaban J connectivity index is 1.89. The van der Waals surface area contributed by atoms with E-state index in [-0.39, 0.29) is 5.91 Å². The van der Waals surface area contributed by atoms with Crippen molar-refractivity contribution in [3.8, 4) is 9.88 Å². The van der Waals surface area contributed by atoms with Gasteiger partial charge in [-0.25, -0.2) is 9.78 Å². The fourth-order valence-electron chi connectivity index (χ4n) is 2.85. The Morgan fingerprint density at radius 1 is 1.43 bits per heavy atom. The molecule has 3 rings (SSSR count). The highest BCUT2D eigenvalue weighted by molar-refractivity contribution is 7.22. The number of carboxylic acid groups (broad SMARTS) is 1. The van der Waals surface area contributed by atoms with Crippen LogP contribution in [-0.2, 0) is 4.79 Å². The Morgan fingerprint density at radius 3 is 2.87 bits per heavy atom. The number of carboxylic acids is 1. The minimum atomic E-state index is -0.925. The number of aryl methyl sites for hydroxylation is 1. The maximum atomic E-state index is 12.9. The number of carbonyl (C=O) groups is 2. The zero-order valence-corrected chi connectivity index (χ0v) is 14.6. The Kier molecular flexibility index (Phi) is 4.50. The van der Waals surface area contributed by atoms with Gasteiger partial charge >= 0.3 is 5.97 Å². The molecule has 1 N–H and O–H groups in total. The summed E-state index contributed by atoms with van der Waals surface area (Å²) in [5.41, 5.74) is 0.672. The Hall–Kier alpha value is -1.73. The van der Waals surface area contributed by atoms with E-state index in [9.17, 15) is 14.7 Å². The highest BCUT2D eigenvalue weighted by Gasteiger charge is 2.36. The predicted octanol–water partition coefficient (Wildman–Crippen LogP) is 3.51. The topological polar surface area (TPSA) is 70.5 Å². The monoisotopic (exact) mass is 350 g/mol. The van der Waals surface area contributed by atoms with Crippen LogP contribution in [0.2, 0.25) is 0 Å². The zero-order valence-electron chi connectivity index (χ0n) is 13.0. The van der Waals surface area contributed by atoms with Gasteiger partial charge in [0.2, 0.25) is 0 Å². The molecular formula is C16H18N2O3S2. The van der Waals surface area contributed by atoms with Gasteiger partial charge in [0.05, 0.1) is 10.6 Å². The summed E-state index contributed by atoms with van der Waals surface area (Å²) < 4.78 is 0. The number of aromatic nitrogens is 1. The second kappa shape index (κ2) is 6.41. The number of amides is 1. The third kappa shape index (κ3) is 3.16. The van der Waals surface area contributed by atoms with E-state index >= 15 is 0 Å². The van der Waals surface area contributed by atoms with Crippen LogP contribution >= 0.6 is 22.7 Å². The highest BCUT2D eigenvalue weighted by atomic mass is 32.1. The first-order valence-corrected chi connectivity index (χ1v) is 9.22. The number of hydrogen-bond donors (Lipinski definition) is 1. The molecule has 2 unspecified atom stereocenters. The number of hydrogen-bond acceptors (Lipinski definition) is 5.